The highest BCUT2D eigenvalue weighted by Crippen LogP contribution is 2.47. The molecule has 0 bridgehead atoms. The number of benzene rings is 9. The van der Waals surface area contributed by atoms with Crippen molar-refractivity contribution in [3.8, 4) is 44.5 Å². The van der Waals surface area contributed by atoms with Crippen LogP contribution in [0.2, 0.25) is 0 Å². The molecule has 10 aromatic rings. The number of furan rings is 1. The molecule has 1 heterocycles. The fourth-order valence-corrected chi connectivity index (χ4v) is 7.07. The molecule has 0 saturated heterocycles. The van der Waals surface area contributed by atoms with Crippen molar-refractivity contribution in [1.82, 2.24) is 0 Å². The van der Waals surface area contributed by atoms with Gasteiger partial charge in [-0.3, -0.25) is 0 Å². The average Bonchev–Trinajstić information content (AvgIpc) is 3.65. The molecule has 0 spiro atoms. The van der Waals surface area contributed by atoms with Crippen LogP contribution in [0.5, 0.6) is 0 Å². The minimum atomic E-state index is -0.517. The number of fused-ring (bicyclic) bond motifs is 6. The maximum Gasteiger partial charge on any atom is 0.136 e. The third-order valence-electron chi connectivity index (χ3n) is 9.17. The summed E-state index contributed by atoms with van der Waals surface area (Å²) in [7, 11) is 0. The molecule has 0 N–H and O–H groups in total. The van der Waals surface area contributed by atoms with E-state index in [4.69, 9.17) is 19.5 Å². The summed E-state index contributed by atoms with van der Waals surface area (Å²) in [5.74, 6) is 0. The van der Waals surface area contributed by atoms with Gasteiger partial charge in [0.05, 0.1) is 16.4 Å². The molecule has 0 aliphatic carbocycles. The lowest BCUT2D eigenvalue weighted by molar-refractivity contribution is 0.669. The molecule has 1 nitrogen and oxygen atoms in total. The predicted octanol–water partition coefficient (Wildman–Crippen LogP) is 13.7. The van der Waals surface area contributed by atoms with Crippen LogP contribution in [0.15, 0.2) is 186 Å². The van der Waals surface area contributed by atoms with Gasteiger partial charge in [0, 0.05) is 10.8 Å². The summed E-state index contributed by atoms with van der Waals surface area (Å²) in [6.07, 6.45) is 0. The van der Waals surface area contributed by atoms with E-state index in [-0.39, 0.29) is 52.1 Å². The highest BCUT2D eigenvalue weighted by Gasteiger charge is 2.20. The molecule has 9 aromatic carbocycles. The minimum Gasteiger partial charge on any atom is -0.456 e. The molecule has 0 amide bonds. The van der Waals surface area contributed by atoms with Crippen LogP contribution in [0.3, 0.4) is 0 Å². The molecule has 0 aliphatic heterocycles. The number of rotatable bonds is 4. The Labute approximate surface area is 301 Å². The Morgan fingerprint density at radius 2 is 1.04 bits per heavy atom. The number of hydrogen-bond acceptors (Lipinski definition) is 1. The van der Waals surface area contributed by atoms with Crippen LogP contribution in [-0.2, 0) is 0 Å². The van der Waals surface area contributed by atoms with E-state index in [1.807, 2.05) is 78.9 Å². The van der Waals surface area contributed by atoms with Gasteiger partial charge in [-0.15, -0.1) is 0 Å². The molecule has 0 fully saturated rings. The Morgan fingerprint density at radius 3 is 1.82 bits per heavy atom. The Hall–Kier alpha value is -6.44. The first-order chi connectivity index (χ1) is 29.3. The van der Waals surface area contributed by atoms with E-state index in [1.54, 1.807) is 18.2 Å². The van der Waals surface area contributed by atoms with Crippen LogP contribution in [0, 0.1) is 0 Å². The lowest BCUT2D eigenvalue weighted by atomic mass is 9.84. The second-order valence-corrected chi connectivity index (χ2v) is 11.9. The fraction of sp³-hybridized carbons (Fsp3) is 0. The van der Waals surface area contributed by atoms with Gasteiger partial charge in [0.25, 0.3) is 0 Å². The third-order valence-corrected chi connectivity index (χ3v) is 9.17. The molecule has 0 saturated carbocycles. The first kappa shape index (κ1) is 18.2. The maximum atomic E-state index is 9.20. The van der Waals surface area contributed by atoms with Crippen molar-refractivity contribution in [3.63, 3.8) is 0 Å². The third kappa shape index (κ3) is 4.47. The second kappa shape index (κ2) is 11.1. The van der Waals surface area contributed by atoms with Crippen molar-refractivity contribution in [3.05, 3.63) is 182 Å². The van der Waals surface area contributed by atoms with Gasteiger partial charge in [0.15, 0.2) is 0 Å². The second-order valence-electron chi connectivity index (χ2n) is 11.9. The topological polar surface area (TPSA) is 13.1 Å². The zero-order valence-corrected chi connectivity index (χ0v) is 25.8. The van der Waals surface area contributed by atoms with Crippen LogP contribution in [0.1, 0.15) is 16.4 Å². The van der Waals surface area contributed by atoms with Crippen LogP contribution in [0.4, 0.5) is 0 Å². The van der Waals surface area contributed by atoms with Crippen LogP contribution in [-0.4, -0.2) is 0 Å². The van der Waals surface area contributed by atoms with Gasteiger partial charge >= 0.3 is 0 Å². The van der Waals surface area contributed by atoms with E-state index in [0.29, 0.717) is 27.7 Å². The summed E-state index contributed by atoms with van der Waals surface area (Å²) in [6, 6.07) is 29.9. The van der Waals surface area contributed by atoms with Crippen molar-refractivity contribution < 1.29 is 20.9 Å². The molecule has 0 aliphatic rings. The largest absolute Gasteiger partial charge is 0.456 e. The molecular weight excluding hydrogens is 593 g/mol. The molecule has 10 rings (SSSR count). The Bertz CT molecular complexity index is 3490. The van der Waals surface area contributed by atoms with Crippen LogP contribution in [0.25, 0.3) is 98.8 Å². The molecule has 0 unspecified atom stereocenters. The zero-order chi connectivity index (χ0) is 42.8. The Morgan fingerprint density at radius 1 is 0.388 bits per heavy atom. The molecule has 0 radical (unpaired) electrons. The highest BCUT2D eigenvalue weighted by molar-refractivity contribution is 6.25. The lowest BCUT2D eigenvalue weighted by Gasteiger charge is -2.18. The zero-order valence-electron chi connectivity index (χ0n) is 37.8. The first-order valence-corrected chi connectivity index (χ1v) is 15.9. The first-order valence-electron chi connectivity index (χ1n) is 21.9. The monoisotopic (exact) mass is 634 g/mol. The molecule has 228 valence electrons. The Kier molecular flexibility index (Phi) is 4.11. The molecule has 49 heavy (non-hydrogen) atoms. The van der Waals surface area contributed by atoms with Gasteiger partial charge in [0.2, 0.25) is 0 Å². The molecule has 0 atom stereocenters. The fourth-order valence-electron chi connectivity index (χ4n) is 7.07. The van der Waals surface area contributed by atoms with Crippen molar-refractivity contribution in [1.29, 1.82) is 0 Å². The Balaban J connectivity index is 1.23. The summed E-state index contributed by atoms with van der Waals surface area (Å²) >= 11 is 0. The van der Waals surface area contributed by atoms with Crippen molar-refractivity contribution in [2.75, 3.05) is 0 Å². The van der Waals surface area contributed by atoms with E-state index in [1.165, 1.54) is 0 Å². The van der Waals surface area contributed by atoms with Gasteiger partial charge in [-0.2, -0.15) is 0 Å². The van der Waals surface area contributed by atoms with Gasteiger partial charge in [-0.1, -0.05) is 151 Å². The van der Waals surface area contributed by atoms with Crippen molar-refractivity contribution >= 4 is 54.3 Å². The van der Waals surface area contributed by atoms with E-state index >= 15 is 0 Å². The van der Waals surface area contributed by atoms with Gasteiger partial charge in [-0.05, 0) is 107 Å². The number of hydrogen-bond donors (Lipinski definition) is 0. The van der Waals surface area contributed by atoms with E-state index in [9.17, 15) is 1.37 Å². The summed E-state index contributed by atoms with van der Waals surface area (Å²) in [5, 5.41) is 4.90. The van der Waals surface area contributed by atoms with Gasteiger partial charge in [-0.25, -0.2) is 0 Å². The van der Waals surface area contributed by atoms with Crippen molar-refractivity contribution in [2.24, 2.45) is 0 Å². The normalized spacial score (nSPS) is 15.1. The van der Waals surface area contributed by atoms with Crippen molar-refractivity contribution in [2.45, 2.75) is 0 Å². The summed E-state index contributed by atoms with van der Waals surface area (Å²) < 4.78 is 109. The quantitative estimate of drug-likeness (QED) is 0.176. The standard InChI is InChI=1S/C48H30O/c1-2-12-31(13-3-1)36-26-27-44-43(30-36)48-42(22-11-23-45(48)49-44)47-40-20-8-6-18-38(40)46(39-19-7-9-21-41(39)47)37-17-10-16-34(29-37)35-25-24-32-14-4-5-15-33(32)28-35/h1-30H/i1D,2D,3D,4D,5D,12D,13D,14D,15D,24D,25D,28D. The van der Waals surface area contributed by atoms with E-state index in [0.717, 1.165) is 49.2 Å². The summed E-state index contributed by atoms with van der Waals surface area (Å²) in [6.45, 7) is 0. The highest BCUT2D eigenvalue weighted by atomic mass is 16.3. The minimum absolute atomic E-state index is 0.0936. The predicted molar refractivity (Wildman–Crippen MR) is 208 cm³/mol. The summed E-state index contributed by atoms with van der Waals surface area (Å²) in [4.78, 5) is 0. The molecule has 1 aromatic heterocycles. The van der Waals surface area contributed by atoms with E-state index in [2.05, 4.69) is 12.1 Å². The SMILES string of the molecule is [2H]c1c([2H])c([2H])c(-c2ccc3oc4cccc(-c5c6ccccc6c(-c6cccc(-c7c([2H])c([2H])c8c([2H])c([2H])c([2H])c([2H])c8c7[2H])c6)c6ccccc56)c4c3c2)c([2H])c1[2H]. The smallest absolute Gasteiger partial charge is 0.136 e. The molecule has 1 heteroatoms. The van der Waals surface area contributed by atoms with Crippen LogP contribution >= 0.6 is 0 Å². The summed E-state index contributed by atoms with van der Waals surface area (Å²) in [5.41, 5.74) is 5.75. The van der Waals surface area contributed by atoms with E-state index < -0.39 is 42.3 Å². The molecular formula is C48H30O. The maximum absolute atomic E-state index is 9.20. The van der Waals surface area contributed by atoms with Gasteiger partial charge < -0.3 is 4.42 Å². The van der Waals surface area contributed by atoms with Crippen LogP contribution < -0.4 is 0 Å². The average molecular weight is 635 g/mol. The lowest BCUT2D eigenvalue weighted by Crippen LogP contribution is -1.91. The van der Waals surface area contributed by atoms with Gasteiger partial charge in [0.1, 0.15) is 11.2 Å².